The lowest BCUT2D eigenvalue weighted by Gasteiger charge is -2.13. The van der Waals surface area contributed by atoms with Gasteiger partial charge in [0.15, 0.2) is 5.65 Å². The maximum atomic E-state index is 6.17. The molecule has 0 spiro atoms. The van der Waals surface area contributed by atoms with Crippen LogP contribution in [0.25, 0.3) is 22.3 Å². The molecule has 1 unspecified atom stereocenters. The summed E-state index contributed by atoms with van der Waals surface area (Å²) in [5.41, 5.74) is 9.80. The quantitative estimate of drug-likeness (QED) is 0.686. The predicted molar refractivity (Wildman–Crippen MR) is 96.8 cm³/mol. The van der Waals surface area contributed by atoms with Crippen LogP contribution in [0.15, 0.2) is 36.4 Å². The van der Waals surface area contributed by atoms with Gasteiger partial charge in [0, 0.05) is 18.2 Å². The number of aromatic nitrogens is 3. The number of hydrogen-bond acceptors (Lipinski definition) is 6. The number of nitrogens with zero attached hydrogens (tertiary/aromatic N) is 3. The van der Waals surface area contributed by atoms with Crippen molar-refractivity contribution in [2.45, 2.75) is 19.4 Å². The standard InChI is InChI=1S/C18H20N6/c1-11-9-14(12-5-3-2-4-6-12)22-17-15(11)16(19)23-18(24-17)21-13-7-8-20-10-13/h2-6,9,13,20H,7-8,10H2,1H3,(H3,19,21,22,23,24). The highest BCUT2D eigenvalue weighted by Crippen LogP contribution is 2.27. The topological polar surface area (TPSA) is 88.8 Å². The Bertz CT molecular complexity index is 872. The van der Waals surface area contributed by atoms with Gasteiger partial charge < -0.3 is 16.4 Å². The number of aryl methyl sites for hydroxylation is 1. The summed E-state index contributed by atoms with van der Waals surface area (Å²) in [5.74, 6) is 1.02. The molecule has 1 aromatic carbocycles. The Kier molecular flexibility index (Phi) is 3.74. The van der Waals surface area contributed by atoms with E-state index < -0.39 is 0 Å². The van der Waals surface area contributed by atoms with E-state index in [1.165, 1.54) is 0 Å². The number of rotatable bonds is 3. The number of nitrogens with one attached hydrogen (secondary N) is 2. The molecule has 3 heterocycles. The van der Waals surface area contributed by atoms with Crippen molar-refractivity contribution in [3.05, 3.63) is 42.0 Å². The Balaban J connectivity index is 1.79. The fourth-order valence-electron chi connectivity index (χ4n) is 3.13. The first-order valence-electron chi connectivity index (χ1n) is 8.18. The SMILES string of the molecule is Cc1cc(-c2ccccc2)nc2nc(NC3CCNC3)nc(N)c12. The summed E-state index contributed by atoms with van der Waals surface area (Å²) in [6, 6.07) is 12.5. The summed E-state index contributed by atoms with van der Waals surface area (Å²) in [5, 5.41) is 7.49. The van der Waals surface area contributed by atoms with Gasteiger partial charge in [-0.05, 0) is 31.5 Å². The Labute approximate surface area is 140 Å². The molecule has 1 saturated heterocycles. The number of benzene rings is 1. The predicted octanol–water partition coefficient (Wildman–Crippen LogP) is 2.36. The smallest absolute Gasteiger partial charge is 0.226 e. The molecule has 0 radical (unpaired) electrons. The van der Waals surface area contributed by atoms with Gasteiger partial charge in [-0.15, -0.1) is 0 Å². The molecule has 1 fully saturated rings. The second-order valence-corrected chi connectivity index (χ2v) is 6.16. The second kappa shape index (κ2) is 6.05. The average Bonchev–Trinajstić information content (AvgIpc) is 3.08. The van der Waals surface area contributed by atoms with Crippen LogP contribution in [-0.2, 0) is 0 Å². The number of fused-ring (bicyclic) bond motifs is 1. The lowest BCUT2D eigenvalue weighted by atomic mass is 10.1. The summed E-state index contributed by atoms with van der Waals surface area (Å²) in [7, 11) is 0. The van der Waals surface area contributed by atoms with Crippen LogP contribution in [0.3, 0.4) is 0 Å². The molecule has 3 aromatic rings. The second-order valence-electron chi connectivity index (χ2n) is 6.16. The van der Waals surface area contributed by atoms with Crippen LogP contribution in [0.1, 0.15) is 12.0 Å². The van der Waals surface area contributed by atoms with Gasteiger partial charge in [-0.2, -0.15) is 9.97 Å². The van der Waals surface area contributed by atoms with Crippen LogP contribution in [0.2, 0.25) is 0 Å². The molecule has 1 aliphatic heterocycles. The molecule has 1 atom stereocenters. The zero-order chi connectivity index (χ0) is 16.5. The molecule has 122 valence electrons. The molecule has 4 rings (SSSR count). The lowest BCUT2D eigenvalue weighted by molar-refractivity contribution is 0.782. The maximum Gasteiger partial charge on any atom is 0.226 e. The minimum atomic E-state index is 0.334. The molecule has 6 heteroatoms. The van der Waals surface area contributed by atoms with E-state index in [0.717, 1.165) is 41.7 Å². The van der Waals surface area contributed by atoms with Crippen LogP contribution >= 0.6 is 0 Å². The van der Waals surface area contributed by atoms with E-state index in [0.29, 0.717) is 23.5 Å². The van der Waals surface area contributed by atoms with Crippen LogP contribution in [-0.4, -0.2) is 34.1 Å². The highest BCUT2D eigenvalue weighted by Gasteiger charge is 2.17. The summed E-state index contributed by atoms with van der Waals surface area (Å²) in [6.07, 6.45) is 1.05. The highest BCUT2D eigenvalue weighted by molar-refractivity contribution is 5.91. The van der Waals surface area contributed by atoms with Gasteiger partial charge in [-0.25, -0.2) is 4.98 Å². The van der Waals surface area contributed by atoms with Crippen molar-refractivity contribution in [1.29, 1.82) is 0 Å². The summed E-state index contributed by atoms with van der Waals surface area (Å²) in [4.78, 5) is 13.7. The van der Waals surface area contributed by atoms with Gasteiger partial charge >= 0.3 is 0 Å². The van der Waals surface area contributed by atoms with Crippen LogP contribution in [0.5, 0.6) is 0 Å². The van der Waals surface area contributed by atoms with Crippen molar-refractivity contribution >= 4 is 22.8 Å². The average molecular weight is 320 g/mol. The van der Waals surface area contributed by atoms with Gasteiger partial charge in [0.1, 0.15) is 5.82 Å². The fraction of sp³-hybridized carbons (Fsp3) is 0.278. The number of nitrogen functional groups attached to an aromatic ring is 1. The molecular weight excluding hydrogens is 300 g/mol. The van der Waals surface area contributed by atoms with Gasteiger partial charge in [0.05, 0.1) is 11.1 Å². The lowest BCUT2D eigenvalue weighted by Crippen LogP contribution is -2.23. The Hall–Kier alpha value is -2.73. The van der Waals surface area contributed by atoms with Crippen LogP contribution in [0, 0.1) is 6.92 Å². The number of pyridine rings is 1. The number of nitrogens with two attached hydrogens (primary N) is 1. The zero-order valence-electron chi connectivity index (χ0n) is 13.6. The molecular formula is C18H20N6. The molecule has 0 bridgehead atoms. The summed E-state index contributed by atoms with van der Waals surface area (Å²) >= 11 is 0. The largest absolute Gasteiger partial charge is 0.383 e. The molecule has 4 N–H and O–H groups in total. The van der Waals surface area contributed by atoms with Crippen LogP contribution < -0.4 is 16.4 Å². The van der Waals surface area contributed by atoms with Gasteiger partial charge in [-0.1, -0.05) is 30.3 Å². The van der Waals surface area contributed by atoms with E-state index in [4.69, 9.17) is 10.7 Å². The van der Waals surface area contributed by atoms with Crippen molar-refractivity contribution in [3.8, 4) is 11.3 Å². The van der Waals surface area contributed by atoms with Crippen LogP contribution in [0.4, 0.5) is 11.8 Å². The molecule has 24 heavy (non-hydrogen) atoms. The van der Waals surface area contributed by atoms with Crippen molar-refractivity contribution in [3.63, 3.8) is 0 Å². The normalized spacial score (nSPS) is 17.3. The van der Waals surface area contributed by atoms with Crippen molar-refractivity contribution in [2.75, 3.05) is 24.1 Å². The molecule has 0 amide bonds. The Morgan fingerprint density at radius 1 is 1.17 bits per heavy atom. The molecule has 0 saturated carbocycles. The third-order valence-electron chi connectivity index (χ3n) is 4.35. The van der Waals surface area contributed by atoms with E-state index in [2.05, 4.69) is 20.6 Å². The van der Waals surface area contributed by atoms with Crippen molar-refractivity contribution < 1.29 is 0 Å². The zero-order valence-corrected chi connectivity index (χ0v) is 13.6. The number of anilines is 2. The van der Waals surface area contributed by atoms with E-state index in [-0.39, 0.29) is 0 Å². The van der Waals surface area contributed by atoms with Gasteiger partial charge in [-0.3, -0.25) is 0 Å². The van der Waals surface area contributed by atoms with Crippen molar-refractivity contribution in [1.82, 2.24) is 20.3 Å². The molecule has 6 nitrogen and oxygen atoms in total. The minimum Gasteiger partial charge on any atom is -0.383 e. The third kappa shape index (κ3) is 2.76. The summed E-state index contributed by atoms with van der Waals surface area (Å²) in [6.45, 7) is 3.94. The first kappa shape index (κ1) is 14.8. The molecule has 0 aliphatic carbocycles. The molecule has 2 aromatic heterocycles. The Morgan fingerprint density at radius 2 is 2.00 bits per heavy atom. The van der Waals surface area contributed by atoms with Gasteiger partial charge in [0.2, 0.25) is 5.95 Å². The van der Waals surface area contributed by atoms with E-state index in [1.807, 2.05) is 43.3 Å². The van der Waals surface area contributed by atoms with E-state index in [9.17, 15) is 0 Å². The first-order chi connectivity index (χ1) is 11.7. The third-order valence-corrected chi connectivity index (χ3v) is 4.35. The first-order valence-corrected chi connectivity index (χ1v) is 8.18. The van der Waals surface area contributed by atoms with Gasteiger partial charge in [0.25, 0.3) is 0 Å². The fourth-order valence-corrected chi connectivity index (χ4v) is 3.13. The van der Waals surface area contributed by atoms with Crippen molar-refractivity contribution in [2.24, 2.45) is 0 Å². The van der Waals surface area contributed by atoms with E-state index in [1.54, 1.807) is 0 Å². The minimum absolute atomic E-state index is 0.334. The number of hydrogen-bond donors (Lipinski definition) is 3. The van der Waals surface area contributed by atoms with E-state index >= 15 is 0 Å². The highest BCUT2D eigenvalue weighted by atomic mass is 15.2. The Morgan fingerprint density at radius 3 is 2.75 bits per heavy atom. The maximum absolute atomic E-state index is 6.17. The molecule has 1 aliphatic rings. The summed E-state index contributed by atoms with van der Waals surface area (Å²) < 4.78 is 0. The monoisotopic (exact) mass is 320 g/mol.